The van der Waals surface area contributed by atoms with Crippen molar-refractivity contribution < 1.29 is 4.79 Å². The predicted molar refractivity (Wildman–Crippen MR) is 57.8 cm³/mol. The molecule has 0 aromatic rings. The first-order valence-corrected chi connectivity index (χ1v) is 5.29. The fourth-order valence-corrected chi connectivity index (χ4v) is 2.04. The lowest BCUT2D eigenvalue weighted by Crippen LogP contribution is -2.49. The summed E-state index contributed by atoms with van der Waals surface area (Å²) in [6, 6.07) is 0.242. The Morgan fingerprint density at radius 1 is 1.71 bits per heavy atom. The van der Waals surface area contributed by atoms with Crippen molar-refractivity contribution in [2.45, 2.75) is 32.2 Å². The van der Waals surface area contributed by atoms with Gasteiger partial charge >= 0.3 is 0 Å². The van der Waals surface area contributed by atoms with Gasteiger partial charge in [0.2, 0.25) is 5.91 Å². The maximum atomic E-state index is 11.7. The fourth-order valence-electron chi connectivity index (χ4n) is 2.04. The molecule has 0 spiro atoms. The van der Waals surface area contributed by atoms with E-state index in [-0.39, 0.29) is 11.9 Å². The number of nitrogens with zero attached hydrogens (tertiary/aromatic N) is 1. The second-order valence-electron chi connectivity index (χ2n) is 4.10. The molecular weight excluding hydrogens is 176 g/mol. The Kier molecular flexibility index (Phi) is 4.14. The van der Waals surface area contributed by atoms with Crippen LogP contribution in [-0.2, 0) is 4.79 Å². The second kappa shape index (κ2) is 5.15. The molecular formula is C11H20N2O. The van der Waals surface area contributed by atoms with Crippen molar-refractivity contribution >= 4 is 5.91 Å². The Hall–Kier alpha value is -0.830. The van der Waals surface area contributed by atoms with Crippen molar-refractivity contribution in [2.75, 3.05) is 13.1 Å². The Morgan fingerprint density at radius 2 is 2.43 bits per heavy atom. The molecule has 0 saturated carbocycles. The normalized spacial score (nSPS) is 27.4. The number of amides is 1. The van der Waals surface area contributed by atoms with Crippen LogP contribution in [0, 0.1) is 5.92 Å². The third-order valence-electron chi connectivity index (χ3n) is 2.89. The van der Waals surface area contributed by atoms with Crippen LogP contribution in [0.1, 0.15) is 26.2 Å². The van der Waals surface area contributed by atoms with E-state index in [1.807, 2.05) is 4.90 Å². The maximum absolute atomic E-state index is 11.7. The smallest absolute Gasteiger partial charge is 0.226 e. The minimum atomic E-state index is 0.169. The molecule has 1 amide bonds. The number of rotatable bonds is 3. The summed E-state index contributed by atoms with van der Waals surface area (Å²) >= 11 is 0. The molecule has 2 unspecified atom stereocenters. The van der Waals surface area contributed by atoms with E-state index in [9.17, 15) is 4.79 Å². The van der Waals surface area contributed by atoms with Gasteiger partial charge in [0.1, 0.15) is 0 Å². The van der Waals surface area contributed by atoms with Gasteiger partial charge < -0.3 is 10.6 Å². The third kappa shape index (κ3) is 2.58. The molecule has 3 heteroatoms. The molecule has 14 heavy (non-hydrogen) atoms. The molecule has 1 aliphatic rings. The molecule has 1 aliphatic heterocycles. The van der Waals surface area contributed by atoms with Crippen LogP contribution in [0.25, 0.3) is 0 Å². The summed E-state index contributed by atoms with van der Waals surface area (Å²) in [6.07, 6.45) is 4.23. The van der Waals surface area contributed by atoms with Gasteiger partial charge in [-0.2, -0.15) is 0 Å². The first-order chi connectivity index (χ1) is 6.69. The van der Waals surface area contributed by atoms with Crippen LogP contribution in [0.4, 0.5) is 0 Å². The van der Waals surface area contributed by atoms with Gasteiger partial charge in [-0.3, -0.25) is 4.79 Å². The number of piperidine rings is 1. The van der Waals surface area contributed by atoms with E-state index >= 15 is 0 Å². The zero-order valence-electron chi connectivity index (χ0n) is 8.91. The van der Waals surface area contributed by atoms with E-state index in [1.165, 1.54) is 0 Å². The molecule has 1 heterocycles. The summed E-state index contributed by atoms with van der Waals surface area (Å²) in [5.41, 5.74) is 5.67. The average molecular weight is 196 g/mol. The fraction of sp³-hybridized carbons (Fsp3) is 0.727. The number of carbonyl (C=O) groups is 1. The highest BCUT2D eigenvalue weighted by Gasteiger charge is 2.27. The molecule has 80 valence electrons. The van der Waals surface area contributed by atoms with Crippen molar-refractivity contribution in [3.05, 3.63) is 12.7 Å². The zero-order chi connectivity index (χ0) is 10.6. The summed E-state index contributed by atoms with van der Waals surface area (Å²) in [5, 5.41) is 0. The van der Waals surface area contributed by atoms with E-state index in [1.54, 1.807) is 6.08 Å². The number of carbonyl (C=O) groups excluding carboxylic acids is 1. The predicted octanol–water partition coefficient (Wildman–Crippen LogP) is 1.15. The van der Waals surface area contributed by atoms with Crippen LogP contribution in [0.5, 0.6) is 0 Å². The topological polar surface area (TPSA) is 46.3 Å². The minimum Gasteiger partial charge on any atom is -0.338 e. The van der Waals surface area contributed by atoms with Gasteiger partial charge in [-0.05, 0) is 18.8 Å². The summed E-state index contributed by atoms with van der Waals surface area (Å²) in [7, 11) is 0. The number of hydrogen-bond acceptors (Lipinski definition) is 2. The summed E-state index contributed by atoms with van der Waals surface area (Å²) < 4.78 is 0. The molecule has 1 fully saturated rings. The second-order valence-corrected chi connectivity index (χ2v) is 4.10. The van der Waals surface area contributed by atoms with Gasteiger partial charge in [0, 0.05) is 25.6 Å². The molecule has 2 atom stereocenters. The monoisotopic (exact) mass is 196 g/mol. The van der Waals surface area contributed by atoms with E-state index < -0.39 is 0 Å². The maximum Gasteiger partial charge on any atom is 0.226 e. The van der Waals surface area contributed by atoms with Crippen LogP contribution >= 0.6 is 0 Å². The highest BCUT2D eigenvalue weighted by molar-refractivity contribution is 5.78. The molecule has 0 radical (unpaired) electrons. The molecule has 3 nitrogen and oxygen atoms in total. The lowest BCUT2D eigenvalue weighted by Gasteiger charge is -2.37. The van der Waals surface area contributed by atoms with Crippen LogP contribution in [0.15, 0.2) is 12.7 Å². The first-order valence-electron chi connectivity index (χ1n) is 5.29. The van der Waals surface area contributed by atoms with Crippen LogP contribution < -0.4 is 5.73 Å². The lowest BCUT2D eigenvalue weighted by atomic mass is 9.92. The molecule has 0 aromatic heterocycles. The lowest BCUT2D eigenvalue weighted by molar-refractivity contribution is -0.134. The number of nitrogens with two attached hydrogens (primary N) is 1. The molecule has 0 bridgehead atoms. The largest absolute Gasteiger partial charge is 0.338 e. The van der Waals surface area contributed by atoms with E-state index in [2.05, 4.69) is 13.5 Å². The summed E-state index contributed by atoms with van der Waals surface area (Å²) in [4.78, 5) is 13.6. The minimum absolute atomic E-state index is 0.169. The van der Waals surface area contributed by atoms with Gasteiger partial charge in [0.05, 0.1) is 0 Å². The standard InChI is InChI=1S/C11H20N2O/c1-3-4-11(14)13-6-5-9(2)7-10(13)8-12/h3,9-10H,1,4-8,12H2,2H3. The molecule has 0 aliphatic carbocycles. The van der Waals surface area contributed by atoms with Crippen molar-refractivity contribution in [3.63, 3.8) is 0 Å². The Bertz CT molecular complexity index is 215. The van der Waals surface area contributed by atoms with Crippen LogP contribution in [0.3, 0.4) is 0 Å². The molecule has 0 aromatic carbocycles. The summed E-state index contributed by atoms with van der Waals surface area (Å²) in [6.45, 7) is 7.24. The van der Waals surface area contributed by atoms with Gasteiger partial charge in [0.15, 0.2) is 0 Å². The number of likely N-dealkylation sites (tertiary alicyclic amines) is 1. The van der Waals surface area contributed by atoms with Crippen molar-refractivity contribution in [3.8, 4) is 0 Å². The van der Waals surface area contributed by atoms with Crippen LogP contribution in [-0.4, -0.2) is 29.9 Å². The Morgan fingerprint density at radius 3 is 3.00 bits per heavy atom. The van der Waals surface area contributed by atoms with E-state index in [4.69, 9.17) is 5.73 Å². The highest BCUT2D eigenvalue weighted by atomic mass is 16.2. The quantitative estimate of drug-likeness (QED) is 0.688. The Labute approximate surface area is 86.0 Å². The Balaban J connectivity index is 2.57. The molecule has 2 N–H and O–H groups in total. The zero-order valence-corrected chi connectivity index (χ0v) is 8.91. The van der Waals surface area contributed by atoms with Gasteiger partial charge in [0.25, 0.3) is 0 Å². The van der Waals surface area contributed by atoms with Crippen molar-refractivity contribution in [2.24, 2.45) is 11.7 Å². The van der Waals surface area contributed by atoms with Crippen molar-refractivity contribution in [1.29, 1.82) is 0 Å². The number of hydrogen-bond donors (Lipinski definition) is 1. The van der Waals surface area contributed by atoms with Crippen LogP contribution in [0.2, 0.25) is 0 Å². The first kappa shape index (κ1) is 11.2. The third-order valence-corrected chi connectivity index (χ3v) is 2.89. The van der Waals surface area contributed by atoms with Gasteiger partial charge in [-0.25, -0.2) is 0 Å². The highest BCUT2D eigenvalue weighted by Crippen LogP contribution is 2.22. The van der Waals surface area contributed by atoms with Crippen molar-refractivity contribution in [1.82, 2.24) is 4.90 Å². The van der Waals surface area contributed by atoms with Gasteiger partial charge in [-0.15, -0.1) is 6.58 Å². The summed E-state index contributed by atoms with van der Waals surface area (Å²) in [5.74, 6) is 0.860. The van der Waals surface area contributed by atoms with E-state index in [0.29, 0.717) is 18.9 Å². The van der Waals surface area contributed by atoms with E-state index in [0.717, 1.165) is 19.4 Å². The van der Waals surface area contributed by atoms with Gasteiger partial charge in [-0.1, -0.05) is 13.0 Å². The molecule has 1 rings (SSSR count). The molecule has 1 saturated heterocycles. The SMILES string of the molecule is C=CCC(=O)N1CCC(C)CC1CN. The average Bonchev–Trinajstić information content (AvgIpc) is 2.17.